The van der Waals surface area contributed by atoms with Crippen molar-refractivity contribution >= 4 is 11.8 Å². The van der Waals surface area contributed by atoms with Gasteiger partial charge in [0.15, 0.2) is 0 Å². The van der Waals surface area contributed by atoms with Crippen LogP contribution in [0.4, 0.5) is 10.2 Å². The number of hydrogen-bond acceptors (Lipinski definition) is 3. The first-order chi connectivity index (χ1) is 8.09. The van der Waals surface area contributed by atoms with E-state index in [9.17, 15) is 9.18 Å². The summed E-state index contributed by atoms with van der Waals surface area (Å²) in [5.41, 5.74) is 6.21. The number of carboxylic acid groups (broad SMARTS) is 1. The van der Waals surface area contributed by atoms with Gasteiger partial charge in [0.25, 0.3) is 0 Å². The van der Waals surface area contributed by atoms with Crippen LogP contribution in [0.5, 0.6) is 0 Å². The van der Waals surface area contributed by atoms with Crippen LogP contribution in [0.3, 0.4) is 0 Å². The molecule has 0 aliphatic rings. The molecule has 5 heteroatoms. The number of aromatic nitrogens is 1. The lowest BCUT2D eigenvalue weighted by atomic mass is 10.0. The molecule has 0 unspecified atom stereocenters. The molecule has 4 nitrogen and oxygen atoms in total. The second kappa shape index (κ2) is 4.21. The molecular weight excluding hydrogens is 223 g/mol. The van der Waals surface area contributed by atoms with E-state index in [0.717, 1.165) is 0 Å². The van der Waals surface area contributed by atoms with Crippen LogP contribution in [0.25, 0.3) is 11.1 Å². The minimum absolute atomic E-state index is 0.0840. The number of anilines is 1. The summed E-state index contributed by atoms with van der Waals surface area (Å²) in [6.45, 7) is 0. The number of nitrogen functional groups attached to an aromatic ring is 1. The van der Waals surface area contributed by atoms with Gasteiger partial charge in [0.05, 0.1) is 0 Å². The molecule has 0 saturated carbocycles. The van der Waals surface area contributed by atoms with Gasteiger partial charge in [-0.25, -0.2) is 14.2 Å². The summed E-state index contributed by atoms with van der Waals surface area (Å²) in [5, 5.41) is 9.06. The van der Waals surface area contributed by atoms with Crippen LogP contribution in [0, 0.1) is 5.82 Å². The predicted molar refractivity (Wildman–Crippen MR) is 61.0 cm³/mol. The highest BCUT2D eigenvalue weighted by Gasteiger charge is 2.16. The van der Waals surface area contributed by atoms with Crippen molar-refractivity contribution in [3.8, 4) is 11.1 Å². The van der Waals surface area contributed by atoms with Crippen molar-refractivity contribution in [1.82, 2.24) is 4.98 Å². The smallest absolute Gasteiger partial charge is 0.340 e. The van der Waals surface area contributed by atoms with Crippen LogP contribution in [0.2, 0.25) is 0 Å². The van der Waals surface area contributed by atoms with Gasteiger partial charge in [0, 0.05) is 11.8 Å². The normalized spacial score (nSPS) is 10.2. The molecule has 0 saturated heterocycles. The van der Waals surface area contributed by atoms with Gasteiger partial charge < -0.3 is 10.8 Å². The molecule has 1 heterocycles. The zero-order chi connectivity index (χ0) is 12.4. The first-order valence-electron chi connectivity index (χ1n) is 4.83. The Bertz CT molecular complexity index is 584. The largest absolute Gasteiger partial charge is 0.478 e. The highest BCUT2D eigenvalue weighted by atomic mass is 19.1. The van der Waals surface area contributed by atoms with Gasteiger partial charge in [-0.05, 0) is 23.8 Å². The van der Waals surface area contributed by atoms with E-state index in [1.807, 2.05) is 0 Å². The van der Waals surface area contributed by atoms with E-state index in [4.69, 9.17) is 10.8 Å². The number of aromatic carboxylic acids is 1. The molecule has 2 aromatic rings. The van der Waals surface area contributed by atoms with Crippen LogP contribution in [-0.2, 0) is 0 Å². The number of nitrogens with zero attached hydrogens (tertiary/aromatic N) is 1. The van der Waals surface area contributed by atoms with Gasteiger partial charge in [-0.1, -0.05) is 12.1 Å². The van der Waals surface area contributed by atoms with Crippen molar-refractivity contribution in [2.75, 3.05) is 5.73 Å². The van der Waals surface area contributed by atoms with Crippen molar-refractivity contribution in [3.63, 3.8) is 0 Å². The Balaban J connectivity index is 2.67. The van der Waals surface area contributed by atoms with E-state index in [2.05, 4.69) is 4.98 Å². The zero-order valence-corrected chi connectivity index (χ0v) is 8.72. The maximum Gasteiger partial charge on any atom is 0.340 e. The van der Waals surface area contributed by atoms with Gasteiger partial charge in [0.1, 0.15) is 17.2 Å². The van der Waals surface area contributed by atoms with E-state index < -0.39 is 11.8 Å². The Morgan fingerprint density at radius 1 is 1.35 bits per heavy atom. The average molecular weight is 232 g/mol. The Hall–Kier alpha value is -2.43. The van der Waals surface area contributed by atoms with E-state index in [0.29, 0.717) is 11.1 Å². The third kappa shape index (κ3) is 2.08. The molecular formula is C12H9FN2O2. The summed E-state index contributed by atoms with van der Waals surface area (Å²) in [4.78, 5) is 14.8. The Labute approximate surface area is 96.5 Å². The first-order valence-corrected chi connectivity index (χ1v) is 4.83. The lowest BCUT2D eigenvalue weighted by molar-refractivity contribution is 0.0698. The molecule has 0 amide bonds. The third-order valence-electron chi connectivity index (χ3n) is 2.33. The number of carbonyl (C=O) groups is 1. The number of rotatable bonds is 2. The molecule has 86 valence electrons. The van der Waals surface area contributed by atoms with Crippen molar-refractivity contribution < 1.29 is 14.3 Å². The maximum atomic E-state index is 13.1. The second-order valence-corrected chi connectivity index (χ2v) is 3.43. The van der Waals surface area contributed by atoms with Crippen molar-refractivity contribution in [2.24, 2.45) is 0 Å². The minimum atomic E-state index is -1.19. The van der Waals surface area contributed by atoms with Crippen molar-refractivity contribution in [3.05, 3.63) is 47.9 Å². The van der Waals surface area contributed by atoms with Gasteiger partial charge in [-0.15, -0.1) is 0 Å². The molecule has 1 aromatic heterocycles. The Morgan fingerprint density at radius 3 is 2.76 bits per heavy atom. The fourth-order valence-electron chi connectivity index (χ4n) is 1.60. The Kier molecular flexibility index (Phi) is 2.74. The number of carboxylic acids is 1. The first kappa shape index (κ1) is 11.1. The van der Waals surface area contributed by atoms with E-state index in [-0.39, 0.29) is 11.4 Å². The monoisotopic (exact) mass is 232 g/mol. The Morgan fingerprint density at radius 2 is 2.12 bits per heavy atom. The summed E-state index contributed by atoms with van der Waals surface area (Å²) < 4.78 is 13.1. The SMILES string of the molecule is Nc1nccc(-c2cccc(F)c2)c1C(=O)O. The lowest BCUT2D eigenvalue weighted by Crippen LogP contribution is -2.06. The number of halogens is 1. The second-order valence-electron chi connectivity index (χ2n) is 3.43. The van der Waals surface area contributed by atoms with Crippen LogP contribution in [0.1, 0.15) is 10.4 Å². The highest BCUT2D eigenvalue weighted by molar-refractivity contribution is 6.00. The molecule has 0 fully saturated rings. The van der Waals surface area contributed by atoms with E-state index in [1.54, 1.807) is 6.07 Å². The lowest BCUT2D eigenvalue weighted by Gasteiger charge is -2.07. The molecule has 3 N–H and O–H groups in total. The molecule has 0 bridgehead atoms. The highest BCUT2D eigenvalue weighted by Crippen LogP contribution is 2.26. The number of benzene rings is 1. The topological polar surface area (TPSA) is 76.2 Å². The van der Waals surface area contributed by atoms with Crippen LogP contribution >= 0.6 is 0 Å². The summed E-state index contributed by atoms with van der Waals surface area (Å²) in [6, 6.07) is 7.15. The van der Waals surface area contributed by atoms with Crippen LogP contribution < -0.4 is 5.73 Å². The molecule has 2 rings (SSSR count). The van der Waals surface area contributed by atoms with Crippen molar-refractivity contribution in [1.29, 1.82) is 0 Å². The fraction of sp³-hybridized carbons (Fsp3) is 0. The van der Waals surface area contributed by atoms with E-state index in [1.165, 1.54) is 30.5 Å². The third-order valence-corrected chi connectivity index (χ3v) is 2.33. The summed E-state index contributed by atoms with van der Waals surface area (Å²) in [5.74, 6) is -1.71. The number of pyridine rings is 1. The molecule has 0 radical (unpaired) electrons. The van der Waals surface area contributed by atoms with Crippen LogP contribution in [0.15, 0.2) is 36.5 Å². The molecule has 1 aromatic carbocycles. The molecule has 0 aliphatic carbocycles. The zero-order valence-electron chi connectivity index (χ0n) is 8.72. The van der Waals surface area contributed by atoms with Crippen LogP contribution in [-0.4, -0.2) is 16.1 Å². The quantitative estimate of drug-likeness (QED) is 0.831. The molecule has 0 atom stereocenters. The van der Waals surface area contributed by atoms with Gasteiger partial charge in [-0.2, -0.15) is 0 Å². The summed E-state index contributed by atoms with van der Waals surface area (Å²) >= 11 is 0. The van der Waals surface area contributed by atoms with Gasteiger partial charge >= 0.3 is 5.97 Å². The standard InChI is InChI=1S/C12H9FN2O2/c13-8-3-1-2-7(6-8)9-4-5-15-11(14)10(9)12(16)17/h1-6H,(H2,14,15)(H,16,17). The average Bonchev–Trinajstić information content (AvgIpc) is 2.28. The van der Waals surface area contributed by atoms with E-state index >= 15 is 0 Å². The molecule has 17 heavy (non-hydrogen) atoms. The van der Waals surface area contributed by atoms with Gasteiger partial charge in [-0.3, -0.25) is 0 Å². The van der Waals surface area contributed by atoms with Gasteiger partial charge in [0.2, 0.25) is 0 Å². The minimum Gasteiger partial charge on any atom is -0.478 e. The number of hydrogen-bond donors (Lipinski definition) is 2. The predicted octanol–water partition coefficient (Wildman–Crippen LogP) is 2.17. The fourth-order valence-corrected chi connectivity index (χ4v) is 1.60. The summed E-state index contributed by atoms with van der Waals surface area (Å²) in [7, 11) is 0. The van der Waals surface area contributed by atoms with Crippen molar-refractivity contribution in [2.45, 2.75) is 0 Å². The summed E-state index contributed by atoms with van der Waals surface area (Å²) in [6.07, 6.45) is 1.39. The molecule has 0 spiro atoms. The number of nitrogens with two attached hydrogens (primary N) is 1. The maximum absolute atomic E-state index is 13.1. The molecule has 0 aliphatic heterocycles.